The molecule has 0 aliphatic heterocycles. The van der Waals surface area contributed by atoms with Crippen LogP contribution in [0.3, 0.4) is 0 Å². The normalized spacial score (nSPS) is 13.6. The first-order valence-electron chi connectivity index (χ1n) is 5.48. The molecule has 1 aromatic carbocycles. The van der Waals surface area contributed by atoms with Gasteiger partial charge in [-0.15, -0.1) is 0 Å². The van der Waals surface area contributed by atoms with Crippen molar-refractivity contribution in [2.75, 3.05) is 6.54 Å². The predicted molar refractivity (Wildman–Crippen MR) is 69.5 cm³/mol. The molecule has 1 rings (SSSR count). The van der Waals surface area contributed by atoms with Crippen LogP contribution in [0, 0.1) is 0 Å². The van der Waals surface area contributed by atoms with Crippen LogP contribution in [0.4, 0.5) is 0 Å². The average molecular weight is 277 g/mol. The molecule has 0 aliphatic rings. The molecular formula is C11H17ClN2O2S. The van der Waals surface area contributed by atoms with Crippen LogP contribution in [0.2, 0.25) is 5.02 Å². The van der Waals surface area contributed by atoms with E-state index in [0.717, 1.165) is 6.42 Å². The van der Waals surface area contributed by atoms with Gasteiger partial charge in [0.15, 0.2) is 0 Å². The minimum Gasteiger partial charge on any atom is -0.329 e. The van der Waals surface area contributed by atoms with Crippen LogP contribution in [0.15, 0.2) is 29.2 Å². The first-order chi connectivity index (χ1) is 8.01. The molecule has 0 heterocycles. The van der Waals surface area contributed by atoms with E-state index in [4.69, 9.17) is 17.3 Å². The van der Waals surface area contributed by atoms with Crippen LogP contribution in [-0.2, 0) is 10.0 Å². The van der Waals surface area contributed by atoms with Crippen molar-refractivity contribution in [3.05, 3.63) is 29.3 Å². The molecule has 0 bridgehead atoms. The standard InChI is InChI=1S/C11H17ClN2O2S/c1-2-5-9(8-13)14-17(15,16)11-7-4-3-6-10(11)12/h3-4,6-7,9,14H,2,5,8,13H2,1H3. The van der Waals surface area contributed by atoms with E-state index < -0.39 is 10.0 Å². The third kappa shape index (κ3) is 3.96. The van der Waals surface area contributed by atoms with E-state index in [-0.39, 0.29) is 22.5 Å². The molecule has 0 saturated carbocycles. The highest BCUT2D eigenvalue weighted by Gasteiger charge is 2.20. The van der Waals surface area contributed by atoms with Gasteiger partial charge in [0.2, 0.25) is 10.0 Å². The minimum absolute atomic E-state index is 0.0937. The Hall–Kier alpha value is -0.620. The lowest BCUT2D eigenvalue weighted by atomic mass is 10.2. The molecule has 6 heteroatoms. The van der Waals surface area contributed by atoms with Crippen molar-refractivity contribution in [2.45, 2.75) is 30.7 Å². The third-order valence-electron chi connectivity index (χ3n) is 2.37. The summed E-state index contributed by atoms with van der Waals surface area (Å²) in [7, 11) is -3.59. The Balaban J connectivity index is 2.92. The Morgan fingerprint density at radius 2 is 2.06 bits per heavy atom. The van der Waals surface area contributed by atoms with Gasteiger partial charge >= 0.3 is 0 Å². The molecule has 0 amide bonds. The highest BCUT2D eigenvalue weighted by molar-refractivity contribution is 7.89. The van der Waals surface area contributed by atoms with Crippen LogP contribution in [0.5, 0.6) is 0 Å². The first-order valence-corrected chi connectivity index (χ1v) is 7.34. The fraction of sp³-hybridized carbons (Fsp3) is 0.455. The van der Waals surface area contributed by atoms with Crippen LogP contribution < -0.4 is 10.5 Å². The maximum absolute atomic E-state index is 12.0. The fourth-order valence-corrected chi connectivity index (χ4v) is 3.32. The SMILES string of the molecule is CCCC(CN)NS(=O)(=O)c1ccccc1Cl. The molecule has 1 atom stereocenters. The summed E-state index contributed by atoms with van der Waals surface area (Å²) in [4.78, 5) is 0.0937. The number of benzene rings is 1. The molecule has 0 fully saturated rings. The van der Waals surface area contributed by atoms with Gasteiger partial charge in [0.1, 0.15) is 4.90 Å². The van der Waals surface area contributed by atoms with E-state index in [0.29, 0.717) is 6.42 Å². The molecule has 17 heavy (non-hydrogen) atoms. The second kappa shape index (κ2) is 6.35. The highest BCUT2D eigenvalue weighted by Crippen LogP contribution is 2.20. The van der Waals surface area contributed by atoms with Crippen molar-refractivity contribution in [1.82, 2.24) is 4.72 Å². The number of nitrogens with one attached hydrogen (secondary N) is 1. The summed E-state index contributed by atoms with van der Waals surface area (Å²) in [5.74, 6) is 0. The second-order valence-corrected chi connectivity index (χ2v) is 5.86. The summed E-state index contributed by atoms with van der Waals surface area (Å²) in [6.07, 6.45) is 1.58. The van der Waals surface area contributed by atoms with Crippen LogP contribution >= 0.6 is 11.6 Å². The van der Waals surface area contributed by atoms with E-state index in [1.54, 1.807) is 18.2 Å². The zero-order valence-electron chi connectivity index (χ0n) is 9.69. The molecule has 3 N–H and O–H groups in total. The summed E-state index contributed by atoms with van der Waals surface area (Å²) < 4.78 is 26.7. The van der Waals surface area contributed by atoms with E-state index in [1.165, 1.54) is 6.07 Å². The quantitative estimate of drug-likeness (QED) is 0.831. The zero-order valence-corrected chi connectivity index (χ0v) is 11.3. The van der Waals surface area contributed by atoms with Crippen molar-refractivity contribution in [2.24, 2.45) is 5.73 Å². The number of hydrogen-bond acceptors (Lipinski definition) is 3. The molecule has 4 nitrogen and oxygen atoms in total. The lowest BCUT2D eigenvalue weighted by Gasteiger charge is -2.16. The van der Waals surface area contributed by atoms with Gasteiger partial charge in [-0.2, -0.15) is 0 Å². The number of halogens is 1. The first kappa shape index (κ1) is 14.4. The van der Waals surface area contributed by atoms with Gasteiger partial charge in [0, 0.05) is 12.6 Å². The summed E-state index contributed by atoms with van der Waals surface area (Å²) in [5, 5.41) is 0.215. The van der Waals surface area contributed by atoms with Gasteiger partial charge < -0.3 is 5.73 Å². The van der Waals surface area contributed by atoms with Gasteiger partial charge in [-0.25, -0.2) is 13.1 Å². The number of sulfonamides is 1. The van der Waals surface area contributed by atoms with Gasteiger partial charge in [-0.1, -0.05) is 37.1 Å². The molecule has 0 saturated heterocycles. The Kier molecular flexibility index (Phi) is 5.39. The van der Waals surface area contributed by atoms with Crippen LogP contribution in [-0.4, -0.2) is 21.0 Å². The maximum atomic E-state index is 12.0. The van der Waals surface area contributed by atoms with Gasteiger partial charge in [0.25, 0.3) is 0 Å². The molecule has 0 aromatic heterocycles. The van der Waals surface area contributed by atoms with Gasteiger partial charge in [-0.05, 0) is 18.6 Å². The van der Waals surface area contributed by atoms with Crippen molar-refractivity contribution in [1.29, 1.82) is 0 Å². The maximum Gasteiger partial charge on any atom is 0.242 e. The minimum atomic E-state index is -3.59. The molecule has 1 unspecified atom stereocenters. The van der Waals surface area contributed by atoms with Crippen molar-refractivity contribution < 1.29 is 8.42 Å². The molecule has 96 valence electrons. The van der Waals surface area contributed by atoms with E-state index in [1.807, 2.05) is 6.92 Å². The summed E-state index contributed by atoms with van der Waals surface area (Å²) >= 11 is 5.86. The smallest absolute Gasteiger partial charge is 0.242 e. The molecule has 0 spiro atoms. The third-order valence-corrected chi connectivity index (χ3v) is 4.39. The molecular weight excluding hydrogens is 260 g/mol. The number of rotatable bonds is 6. The fourth-order valence-electron chi connectivity index (χ4n) is 1.52. The molecule has 0 aliphatic carbocycles. The van der Waals surface area contributed by atoms with Crippen molar-refractivity contribution in [3.63, 3.8) is 0 Å². The zero-order chi connectivity index (χ0) is 12.9. The van der Waals surface area contributed by atoms with Crippen LogP contribution in [0.1, 0.15) is 19.8 Å². The number of nitrogens with two attached hydrogens (primary N) is 1. The van der Waals surface area contributed by atoms with Crippen molar-refractivity contribution in [3.8, 4) is 0 Å². The Morgan fingerprint density at radius 1 is 1.41 bits per heavy atom. The lowest BCUT2D eigenvalue weighted by molar-refractivity contribution is 0.527. The monoisotopic (exact) mass is 276 g/mol. The van der Waals surface area contributed by atoms with Crippen molar-refractivity contribution >= 4 is 21.6 Å². The second-order valence-electron chi connectivity index (χ2n) is 3.77. The topological polar surface area (TPSA) is 72.2 Å². The lowest BCUT2D eigenvalue weighted by Crippen LogP contribution is -2.40. The predicted octanol–water partition coefficient (Wildman–Crippen LogP) is 1.75. The number of hydrogen-bond donors (Lipinski definition) is 2. The molecule has 1 aromatic rings. The largest absolute Gasteiger partial charge is 0.329 e. The Labute approximate surface area is 107 Å². The average Bonchev–Trinajstić information content (AvgIpc) is 2.28. The van der Waals surface area contributed by atoms with Gasteiger partial charge in [0.05, 0.1) is 5.02 Å². The van der Waals surface area contributed by atoms with Gasteiger partial charge in [-0.3, -0.25) is 0 Å². The Morgan fingerprint density at radius 3 is 2.59 bits per heavy atom. The van der Waals surface area contributed by atoms with E-state index in [2.05, 4.69) is 4.72 Å². The molecule has 0 radical (unpaired) electrons. The summed E-state index contributed by atoms with van der Waals surface area (Å²) in [6.45, 7) is 2.25. The summed E-state index contributed by atoms with van der Waals surface area (Å²) in [6, 6.07) is 6.10. The van der Waals surface area contributed by atoms with E-state index in [9.17, 15) is 8.42 Å². The van der Waals surface area contributed by atoms with Crippen LogP contribution in [0.25, 0.3) is 0 Å². The highest BCUT2D eigenvalue weighted by atomic mass is 35.5. The van der Waals surface area contributed by atoms with E-state index >= 15 is 0 Å². The Bertz CT molecular complexity index is 462. The summed E-state index contributed by atoms with van der Waals surface area (Å²) in [5.41, 5.74) is 5.52.